The summed E-state index contributed by atoms with van der Waals surface area (Å²) in [6.07, 6.45) is 0.901. The van der Waals surface area contributed by atoms with Crippen molar-refractivity contribution >= 4 is 5.91 Å². The van der Waals surface area contributed by atoms with Crippen LogP contribution in [0.4, 0.5) is 0 Å². The molecular formula is C12H19N3O2. The Kier molecular flexibility index (Phi) is 3.97. The number of hydrogen-bond acceptors (Lipinski definition) is 4. The maximum atomic E-state index is 12.2. The smallest absolute Gasteiger partial charge is 0.228 e. The standard InChI is InChI=1S/C12H19N3O2/c1-10-11(2-9-17-10)12(16)15-7-5-14(4-3-13)6-8-15/h10-11H,2,4-9H2,1H3. The van der Waals surface area contributed by atoms with Crippen molar-refractivity contribution in [3.8, 4) is 6.07 Å². The largest absolute Gasteiger partial charge is 0.378 e. The van der Waals surface area contributed by atoms with Gasteiger partial charge in [0.2, 0.25) is 5.91 Å². The predicted octanol–water partition coefficient (Wildman–Crippen LogP) is 0.0792. The monoisotopic (exact) mass is 237 g/mol. The van der Waals surface area contributed by atoms with E-state index in [0.717, 1.165) is 32.6 Å². The van der Waals surface area contributed by atoms with Crippen molar-refractivity contribution < 1.29 is 9.53 Å². The number of nitrogens with zero attached hydrogens (tertiary/aromatic N) is 3. The fourth-order valence-corrected chi connectivity index (χ4v) is 2.52. The number of rotatable bonds is 2. The number of nitriles is 1. The average molecular weight is 237 g/mol. The molecule has 2 fully saturated rings. The van der Waals surface area contributed by atoms with Crippen LogP contribution >= 0.6 is 0 Å². The van der Waals surface area contributed by atoms with Crippen LogP contribution in [0.5, 0.6) is 0 Å². The van der Waals surface area contributed by atoms with Crippen LogP contribution in [0.25, 0.3) is 0 Å². The van der Waals surface area contributed by atoms with Crippen molar-refractivity contribution in [3.05, 3.63) is 0 Å². The Hall–Kier alpha value is -1.12. The van der Waals surface area contributed by atoms with Crippen LogP contribution in [0.3, 0.4) is 0 Å². The van der Waals surface area contributed by atoms with E-state index >= 15 is 0 Å². The summed E-state index contributed by atoms with van der Waals surface area (Å²) in [5.74, 6) is 0.268. The van der Waals surface area contributed by atoms with Crippen LogP contribution in [-0.4, -0.2) is 61.1 Å². The maximum Gasteiger partial charge on any atom is 0.228 e. The van der Waals surface area contributed by atoms with E-state index in [1.807, 2.05) is 11.8 Å². The van der Waals surface area contributed by atoms with Crippen molar-refractivity contribution in [2.24, 2.45) is 5.92 Å². The molecule has 2 unspecified atom stereocenters. The first-order chi connectivity index (χ1) is 8.22. The molecule has 0 bridgehead atoms. The van der Waals surface area contributed by atoms with Crippen LogP contribution in [0.15, 0.2) is 0 Å². The summed E-state index contributed by atoms with van der Waals surface area (Å²) in [6, 6.07) is 2.15. The van der Waals surface area contributed by atoms with Crippen LogP contribution in [-0.2, 0) is 9.53 Å². The Morgan fingerprint density at radius 3 is 2.65 bits per heavy atom. The molecule has 0 saturated carbocycles. The third kappa shape index (κ3) is 2.76. The number of ether oxygens (including phenoxy) is 1. The summed E-state index contributed by atoms with van der Waals surface area (Å²) in [5.41, 5.74) is 0. The zero-order valence-corrected chi connectivity index (χ0v) is 10.3. The lowest BCUT2D eigenvalue weighted by Crippen LogP contribution is -2.51. The Bertz CT molecular complexity index is 318. The van der Waals surface area contributed by atoms with Crippen molar-refractivity contribution in [2.45, 2.75) is 19.4 Å². The molecule has 0 N–H and O–H groups in total. The molecule has 2 saturated heterocycles. The van der Waals surface area contributed by atoms with Gasteiger partial charge < -0.3 is 9.64 Å². The number of piperazine rings is 1. The van der Waals surface area contributed by atoms with Gasteiger partial charge in [-0.1, -0.05) is 0 Å². The summed E-state index contributed by atoms with van der Waals surface area (Å²) in [7, 11) is 0. The van der Waals surface area contributed by atoms with Gasteiger partial charge >= 0.3 is 0 Å². The van der Waals surface area contributed by atoms with Crippen LogP contribution in [0, 0.1) is 17.2 Å². The third-order valence-electron chi connectivity index (χ3n) is 3.67. The molecule has 2 heterocycles. The summed E-state index contributed by atoms with van der Waals surface area (Å²) >= 11 is 0. The molecule has 0 aromatic rings. The van der Waals surface area contributed by atoms with E-state index < -0.39 is 0 Å². The molecule has 2 atom stereocenters. The highest BCUT2D eigenvalue weighted by atomic mass is 16.5. The molecule has 1 amide bonds. The maximum absolute atomic E-state index is 12.2. The van der Waals surface area contributed by atoms with Gasteiger partial charge in [0.25, 0.3) is 0 Å². The van der Waals surface area contributed by atoms with Gasteiger partial charge in [-0.3, -0.25) is 9.69 Å². The molecule has 0 spiro atoms. The molecule has 0 aromatic heterocycles. The number of hydrogen-bond donors (Lipinski definition) is 0. The summed E-state index contributed by atoms with van der Waals surface area (Å²) in [4.78, 5) is 16.2. The van der Waals surface area contributed by atoms with E-state index in [1.165, 1.54) is 0 Å². The first-order valence-electron chi connectivity index (χ1n) is 6.22. The Balaban J connectivity index is 1.84. The van der Waals surface area contributed by atoms with Gasteiger partial charge in [0.05, 0.1) is 24.6 Å². The Labute approximate surface area is 102 Å². The molecule has 2 aliphatic heterocycles. The molecule has 0 aliphatic carbocycles. The van der Waals surface area contributed by atoms with Gasteiger partial charge in [0.15, 0.2) is 0 Å². The molecule has 2 aliphatic rings. The van der Waals surface area contributed by atoms with Crippen molar-refractivity contribution in [1.82, 2.24) is 9.80 Å². The van der Waals surface area contributed by atoms with Crippen molar-refractivity contribution in [2.75, 3.05) is 39.3 Å². The summed E-state index contributed by atoms with van der Waals surface area (Å²) in [6.45, 7) is 6.23. The number of carbonyl (C=O) groups excluding carboxylic acids is 1. The van der Waals surface area contributed by atoms with Gasteiger partial charge in [0.1, 0.15) is 0 Å². The molecule has 5 nitrogen and oxygen atoms in total. The highest BCUT2D eigenvalue weighted by Gasteiger charge is 2.34. The molecule has 5 heteroatoms. The minimum Gasteiger partial charge on any atom is -0.378 e. The van der Waals surface area contributed by atoms with Gasteiger partial charge in [0, 0.05) is 32.8 Å². The van der Waals surface area contributed by atoms with Gasteiger partial charge in [-0.25, -0.2) is 0 Å². The van der Waals surface area contributed by atoms with Crippen LogP contribution < -0.4 is 0 Å². The molecular weight excluding hydrogens is 218 g/mol. The van der Waals surface area contributed by atoms with Gasteiger partial charge in [-0.2, -0.15) is 5.26 Å². The van der Waals surface area contributed by atoms with E-state index in [0.29, 0.717) is 13.2 Å². The Morgan fingerprint density at radius 2 is 2.12 bits per heavy atom. The predicted molar refractivity (Wildman–Crippen MR) is 62.2 cm³/mol. The SMILES string of the molecule is CC1OCCC1C(=O)N1CCN(CC#N)CC1. The Morgan fingerprint density at radius 1 is 1.41 bits per heavy atom. The minimum absolute atomic E-state index is 0.0394. The first-order valence-corrected chi connectivity index (χ1v) is 6.22. The fraction of sp³-hybridized carbons (Fsp3) is 0.833. The first kappa shape index (κ1) is 12.3. The highest BCUT2D eigenvalue weighted by Crippen LogP contribution is 2.23. The normalized spacial score (nSPS) is 30.2. The molecule has 0 aromatic carbocycles. The topological polar surface area (TPSA) is 56.6 Å². The molecule has 2 rings (SSSR count). The lowest BCUT2D eigenvalue weighted by Gasteiger charge is -2.35. The van der Waals surface area contributed by atoms with Gasteiger partial charge in [-0.05, 0) is 13.3 Å². The third-order valence-corrected chi connectivity index (χ3v) is 3.67. The zero-order chi connectivity index (χ0) is 12.3. The van der Waals surface area contributed by atoms with E-state index in [2.05, 4.69) is 11.0 Å². The quantitative estimate of drug-likeness (QED) is 0.638. The fourth-order valence-electron chi connectivity index (χ4n) is 2.52. The van der Waals surface area contributed by atoms with Crippen molar-refractivity contribution in [3.63, 3.8) is 0 Å². The lowest BCUT2D eigenvalue weighted by molar-refractivity contribution is -0.138. The summed E-state index contributed by atoms with van der Waals surface area (Å²) in [5, 5.41) is 8.61. The highest BCUT2D eigenvalue weighted by molar-refractivity contribution is 5.79. The second-order valence-electron chi connectivity index (χ2n) is 4.73. The second kappa shape index (κ2) is 5.48. The molecule has 0 radical (unpaired) electrons. The zero-order valence-electron chi connectivity index (χ0n) is 10.3. The number of carbonyl (C=O) groups is 1. The minimum atomic E-state index is 0.0394. The molecule has 94 valence electrons. The second-order valence-corrected chi connectivity index (χ2v) is 4.73. The van der Waals surface area contributed by atoms with E-state index in [1.54, 1.807) is 0 Å². The lowest BCUT2D eigenvalue weighted by atomic mass is 10.0. The average Bonchev–Trinajstić information content (AvgIpc) is 2.76. The van der Waals surface area contributed by atoms with E-state index in [-0.39, 0.29) is 17.9 Å². The van der Waals surface area contributed by atoms with E-state index in [4.69, 9.17) is 10.00 Å². The van der Waals surface area contributed by atoms with Crippen LogP contribution in [0.2, 0.25) is 0 Å². The number of amides is 1. The van der Waals surface area contributed by atoms with Gasteiger partial charge in [-0.15, -0.1) is 0 Å². The molecule has 17 heavy (non-hydrogen) atoms. The van der Waals surface area contributed by atoms with Crippen LogP contribution in [0.1, 0.15) is 13.3 Å². The summed E-state index contributed by atoms with van der Waals surface area (Å²) < 4.78 is 5.44. The van der Waals surface area contributed by atoms with E-state index in [9.17, 15) is 4.79 Å². The van der Waals surface area contributed by atoms with Crippen molar-refractivity contribution in [1.29, 1.82) is 5.26 Å².